The van der Waals surface area contributed by atoms with Crippen LogP contribution < -0.4 is 0 Å². The molecular weight excluding hydrogens is 143 g/mol. The van der Waals surface area contributed by atoms with E-state index in [-0.39, 0.29) is 11.6 Å². The zero-order valence-electron chi connectivity index (χ0n) is 7.19. The molecule has 11 heavy (non-hydrogen) atoms. The molecule has 0 aromatic carbocycles. The van der Waals surface area contributed by atoms with Crippen LogP contribution >= 0.6 is 0 Å². The molecule has 0 aromatic heterocycles. The number of hydrogen-bond acceptors (Lipinski definition) is 1. The summed E-state index contributed by atoms with van der Waals surface area (Å²) in [6, 6.07) is 0. The van der Waals surface area contributed by atoms with E-state index in [0.29, 0.717) is 12.8 Å². The molecule has 0 amide bonds. The SMILES string of the molecule is CCCCC(F)=CC(=O)CC. The van der Waals surface area contributed by atoms with Crippen LogP contribution in [0.5, 0.6) is 0 Å². The summed E-state index contributed by atoms with van der Waals surface area (Å²) in [7, 11) is 0. The van der Waals surface area contributed by atoms with Crippen molar-refractivity contribution in [3.05, 3.63) is 11.9 Å². The molecule has 0 saturated carbocycles. The average Bonchev–Trinajstić information content (AvgIpc) is 2.00. The number of halogens is 1. The molecule has 0 aliphatic rings. The minimum Gasteiger partial charge on any atom is -0.295 e. The lowest BCUT2D eigenvalue weighted by atomic mass is 10.2. The van der Waals surface area contributed by atoms with Crippen LogP contribution in [0.4, 0.5) is 4.39 Å². The van der Waals surface area contributed by atoms with Crippen LogP contribution in [0.3, 0.4) is 0 Å². The summed E-state index contributed by atoms with van der Waals surface area (Å²) in [4.78, 5) is 10.7. The van der Waals surface area contributed by atoms with Crippen molar-refractivity contribution < 1.29 is 9.18 Å². The van der Waals surface area contributed by atoms with Crippen molar-refractivity contribution in [3.63, 3.8) is 0 Å². The molecule has 0 unspecified atom stereocenters. The average molecular weight is 158 g/mol. The van der Waals surface area contributed by atoms with Crippen LogP contribution in [0.1, 0.15) is 39.5 Å². The summed E-state index contributed by atoms with van der Waals surface area (Å²) in [6.45, 7) is 3.72. The van der Waals surface area contributed by atoms with Crippen molar-refractivity contribution >= 4 is 5.78 Å². The second-order valence-electron chi connectivity index (χ2n) is 2.51. The van der Waals surface area contributed by atoms with E-state index in [1.807, 2.05) is 6.92 Å². The predicted molar refractivity (Wildman–Crippen MR) is 44.0 cm³/mol. The van der Waals surface area contributed by atoms with Crippen LogP contribution in [0, 0.1) is 0 Å². The number of carbonyl (C=O) groups excluding carboxylic acids is 1. The first-order valence-electron chi connectivity index (χ1n) is 4.09. The Bertz CT molecular complexity index is 150. The van der Waals surface area contributed by atoms with Gasteiger partial charge in [-0.25, -0.2) is 4.39 Å². The summed E-state index contributed by atoms with van der Waals surface area (Å²) in [6.07, 6.45) is 3.68. The van der Waals surface area contributed by atoms with Gasteiger partial charge in [0.25, 0.3) is 0 Å². The Morgan fingerprint density at radius 2 is 2.09 bits per heavy atom. The number of rotatable bonds is 5. The Kier molecular flexibility index (Phi) is 5.71. The minimum absolute atomic E-state index is 0.126. The largest absolute Gasteiger partial charge is 0.295 e. The maximum Gasteiger partial charge on any atom is 0.157 e. The molecule has 0 atom stereocenters. The highest BCUT2D eigenvalue weighted by atomic mass is 19.1. The number of unbranched alkanes of at least 4 members (excludes halogenated alkanes) is 1. The molecule has 0 aromatic rings. The number of allylic oxidation sites excluding steroid dienone is 2. The molecule has 0 bridgehead atoms. The third-order valence-corrected chi connectivity index (χ3v) is 1.44. The van der Waals surface area contributed by atoms with Crippen LogP contribution in [-0.2, 0) is 4.79 Å². The third kappa shape index (κ3) is 5.77. The maximum atomic E-state index is 12.7. The molecule has 0 saturated heterocycles. The summed E-state index contributed by atoms with van der Waals surface area (Å²) < 4.78 is 12.7. The Balaban J connectivity index is 3.70. The lowest BCUT2D eigenvalue weighted by Crippen LogP contribution is -1.89. The molecule has 0 aliphatic carbocycles. The zero-order chi connectivity index (χ0) is 8.69. The van der Waals surface area contributed by atoms with Crippen molar-refractivity contribution in [2.75, 3.05) is 0 Å². The Morgan fingerprint density at radius 3 is 2.55 bits per heavy atom. The first kappa shape index (κ1) is 10.3. The van der Waals surface area contributed by atoms with Gasteiger partial charge in [0, 0.05) is 12.5 Å². The molecule has 0 N–H and O–H groups in total. The van der Waals surface area contributed by atoms with Crippen molar-refractivity contribution in [1.82, 2.24) is 0 Å². The smallest absolute Gasteiger partial charge is 0.157 e. The van der Waals surface area contributed by atoms with Crippen LogP contribution in [-0.4, -0.2) is 5.78 Å². The molecule has 0 heterocycles. The van der Waals surface area contributed by atoms with E-state index < -0.39 is 0 Å². The molecule has 0 spiro atoms. The van der Waals surface area contributed by atoms with E-state index in [1.54, 1.807) is 6.92 Å². The Hall–Kier alpha value is -0.660. The Morgan fingerprint density at radius 1 is 1.45 bits per heavy atom. The number of carbonyl (C=O) groups is 1. The van der Waals surface area contributed by atoms with Gasteiger partial charge in [-0.15, -0.1) is 0 Å². The van der Waals surface area contributed by atoms with E-state index >= 15 is 0 Å². The fraction of sp³-hybridized carbons (Fsp3) is 0.667. The predicted octanol–water partition coefficient (Wildman–Crippen LogP) is 3.01. The highest BCUT2D eigenvalue weighted by Gasteiger charge is 1.97. The van der Waals surface area contributed by atoms with Gasteiger partial charge in [-0.1, -0.05) is 20.3 Å². The highest BCUT2D eigenvalue weighted by Crippen LogP contribution is 2.08. The first-order chi connectivity index (χ1) is 5.20. The summed E-state index contributed by atoms with van der Waals surface area (Å²) in [5.74, 6) is -0.405. The van der Waals surface area contributed by atoms with Crippen LogP contribution in [0.2, 0.25) is 0 Å². The molecule has 1 nitrogen and oxygen atoms in total. The third-order valence-electron chi connectivity index (χ3n) is 1.44. The maximum absolute atomic E-state index is 12.7. The van der Waals surface area contributed by atoms with Crippen molar-refractivity contribution in [3.8, 4) is 0 Å². The normalized spacial score (nSPS) is 11.7. The van der Waals surface area contributed by atoms with E-state index in [0.717, 1.165) is 18.9 Å². The quantitative estimate of drug-likeness (QED) is 0.562. The molecule has 0 aliphatic heterocycles. The van der Waals surface area contributed by atoms with Gasteiger partial charge in [-0.3, -0.25) is 4.79 Å². The zero-order valence-corrected chi connectivity index (χ0v) is 7.19. The van der Waals surface area contributed by atoms with E-state index in [2.05, 4.69) is 0 Å². The minimum atomic E-state index is -0.279. The number of ketones is 1. The molecule has 64 valence electrons. The van der Waals surface area contributed by atoms with Crippen molar-refractivity contribution in [2.24, 2.45) is 0 Å². The standard InChI is InChI=1S/C9H15FO/c1-3-5-6-8(10)7-9(11)4-2/h7H,3-6H2,1-2H3. The van der Waals surface area contributed by atoms with Crippen LogP contribution in [0.25, 0.3) is 0 Å². The monoisotopic (exact) mass is 158 g/mol. The lowest BCUT2D eigenvalue weighted by Gasteiger charge is -1.93. The van der Waals surface area contributed by atoms with Gasteiger partial charge >= 0.3 is 0 Å². The van der Waals surface area contributed by atoms with E-state index in [9.17, 15) is 9.18 Å². The topological polar surface area (TPSA) is 17.1 Å². The summed E-state index contributed by atoms with van der Waals surface area (Å²) in [5.41, 5.74) is 0. The molecule has 0 fully saturated rings. The van der Waals surface area contributed by atoms with Gasteiger partial charge in [0.1, 0.15) is 5.83 Å². The van der Waals surface area contributed by atoms with Gasteiger partial charge in [0.15, 0.2) is 5.78 Å². The van der Waals surface area contributed by atoms with E-state index in [1.165, 1.54) is 0 Å². The van der Waals surface area contributed by atoms with Gasteiger partial charge in [-0.05, 0) is 12.8 Å². The lowest BCUT2D eigenvalue weighted by molar-refractivity contribution is -0.114. The van der Waals surface area contributed by atoms with Gasteiger partial charge in [0.2, 0.25) is 0 Å². The summed E-state index contributed by atoms with van der Waals surface area (Å²) in [5, 5.41) is 0. The van der Waals surface area contributed by atoms with Gasteiger partial charge in [0.05, 0.1) is 0 Å². The van der Waals surface area contributed by atoms with Crippen molar-refractivity contribution in [1.29, 1.82) is 0 Å². The first-order valence-corrected chi connectivity index (χ1v) is 4.09. The van der Waals surface area contributed by atoms with Crippen molar-refractivity contribution in [2.45, 2.75) is 39.5 Å². The second-order valence-corrected chi connectivity index (χ2v) is 2.51. The number of hydrogen-bond donors (Lipinski definition) is 0. The summed E-state index contributed by atoms with van der Waals surface area (Å²) >= 11 is 0. The molecular formula is C9H15FO. The fourth-order valence-corrected chi connectivity index (χ4v) is 0.695. The van der Waals surface area contributed by atoms with Gasteiger partial charge < -0.3 is 0 Å². The molecule has 0 rings (SSSR count). The van der Waals surface area contributed by atoms with E-state index in [4.69, 9.17) is 0 Å². The second kappa shape index (κ2) is 6.08. The molecule has 0 radical (unpaired) electrons. The fourth-order valence-electron chi connectivity index (χ4n) is 0.695. The van der Waals surface area contributed by atoms with Gasteiger partial charge in [-0.2, -0.15) is 0 Å². The molecule has 2 heteroatoms. The highest BCUT2D eigenvalue weighted by molar-refractivity contribution is 5.89. The van der Waals surface area contributed by atoms with Crippen LogP contribution in [0.15, 0.2) is 11.9 Å². The Labute approximate surface area is 67.3 Å².